The molecular formula is C15H17NO3. The minimum Gasteiger partial charge on any atom is -0.294 e. The van der Waals surface area contributed by atoms with Gasteiger partial charge in [-0.05, 0) is 11.6 Å². The van der Waals surface area contributed by atoms with E-state index >= 15 is 0 Å². The van der Waals surface area contributed by atoms with Crippen molar-refractivity contribution in [1.82, 2.24) is 4.90 Å². The zero-order valence-electron chi connectivity index (χ0n) is 11.6. The van der Waals surface area contributed by atoms with Gasteiger partial charge in [-0.15, -0.1) is 0 Å². The largest absolute Gasteiger partial charge is 0.294 e. The van der Waals surface area contributed by atoms with E-state index < -0.39 is 5.41 Å². The summed E-state index contributed by atoms with van der Waals surface area (Å²) < 4.78 is 0. The number of Topliss-reactive ketones (excluding diaryl/α,β-unsaturated/α-hetero) is 1. The van der Waals surface area contributed by atoms with Gasteiger partial charge in [0.1, 0.15) is 0 Å². The van der Waals surface area contributed by atoms with Gasteiger partial charge in [0.2, 0.25) is 5.91 Å². The summed E-state index contributed by atoms with van der Waals surface area (Å²) in [7, 11) is 1.46. The maximum Gasteiger partial charge on any atom is 0.260 e. The van der Waals surface area contributed by atoms with E-state index in [0.717, 1.165) is 4.90 Å². The number of amides is 2. The maximum absolute atomic E-state index is 12.2. The number of ketones is 1. The standard InChI is InChI=1S/C15H17NO3/c1-15(2,3)13(18)10-6-5-9-8-12(17)16(4)14(19)11(9)7-10/h5-7H,8H2,1-4H3. The van der Waals surface area contributed by atoms with E-state index in [9.17, 15) is 14.4 Å². The molecule has 0 aliphatic carbocycles. The zero-order valence-corrected chi connectivity index (χ0v) is 11.6. The van der Waals surface area contributed by atoms with Gasteiger partial charge in [-0.1, -0.05) is 32.9 Å². The minimum absolute atomic E-state index is 0.0114. The summed E-state index contributed by atoms with van der Waals surface area (Å²) in [6, 6.07) is 5.00. The maximum atomic E-state index is 12.2. The van der Waals surface area contributed by atoms with E-state index in [4.69, 9.17) is 0 Å². The fraction of sp³-hybridized carbons (Fsp3) is 0.400. The lowest BCUT2D eigenvalue weighted by Gasteiger charge is -2.24. The fourth-order valence-electron chi connectivity index (χ4n) is 2.08. The second-order valence-corrected chi connectivity index (χ2v) is 5.89. The van der Waals surface area contributed by atoms with Gasteiger partial charge in [0.05, 0.1) is 6.42 Å². The average molecular weight is 259 g/mol. The van der Waals surface area contributed by atoms with Gasteiger partial charge in [-0.2, -0.15) is 0 Å². The number of rotatable bonds is 1. The van der Waals surface area contributed by atoms with Crippen molar-refractivity contribution in [1.29, 1.82) is 0 Å². The highest BCUT2D eigenvalue weighted by Crippen LogP contribution is 2.25. The second kappa shape index (κ2) is 4.30. The van der Waals surface area contributed by atoms with E-state index in [-0.39, 0.29) is 24.0 Å². The molecular weight excluding hydrogens is 242 g/mol. The number of hydrogen-bond acceptors (Lipinski definition) is 3. The smallest absolute Gasteiger partial charge is 0.260 e. The molecule has 0 bridgehead atoms. The van der Waals surface area contributed by atoms with Crippen molar-refractivity contribution in [3.63, 3.8) is 0 Å². The Balaban J connectivity index is 2.48. The first-order valence-corrected chi connectivity index (χ1v) is 6.20. The van der Waals surface area contributed by atoms with Gasteiger partial charge in [-0.3, -0.25) is 19.3 Å². The highest BCUT2D eigenvalue weighted by atomic mass is 16.2. The molecule has 0 radical (unpaired) electrons. The number of hydrogen-bond donors (Lipinski definition) is 0. The molecule has 0 spiro atoms. The first kappa shape index (κ1) is 13.5. The topological polar surface area (TPSA) is 54.5 Å². The van der Waals surface area contributed by atoms with Crippen LogP contribution in [0, 0.1) is 5.41 Å². The van der Waals surface area contributed by atoms with Crippen LogP contribution in [0.25, 0.3) is 0 Å². The Bertz CT molecular complexity index is 582. The fourth-order valence-corrected chi connectivity index (χ4v) is 2.08. The molecule has 1 aromatic carbocycles. The van der Waals surface area contributed by atoms with Crippen molar-refractivity contribution in [3.05, 3.63) is 34.9 Å². The molecule has 100 valence electrons. The van der Waals surface area contributed by atoms with E-state index in [0.29, 0.717) is 16.7 Å². The van der Waals surface area contributed by atoms with Crippen LogP contribution in [0.2, 0.25) is 0 Å². The van der Waals surface area contributed by atoms with Crippen molar-refractivity contribution in [2.75, 3.05) is 7.05 Å². The molecule has 0 atom stereocenters. The molecule has 0 fully saturated rings. The first-order chi connectivity index (χ1) is 8.71. The molecule has 1 aliphatic heterocycles. The highest BCUT2D eigenvalue weighted by Gasteiger charge is 2.30. The van der Waals surface area contributed by atoms with E-state index in [1.165, 1.54) is 7.05 Å². The first-order valence-electron chi connectivity index (χ1n) is 6.20. The molecule has 2 amide bonds. The molecule has 1 aliphatic rings. The quantitative estimate of drug-likeness (QED) is 0.573. The zero-order chi connectivity index (χ0) is 14.4. The molecule has 2 rings (SSSR count). The predicted molar refractivity (Wildman–Crippen MR) is 71.0 cm³/mol. The molecule has 19 heavy (non-hydrogen) atoms. The lowest BCUT2D eigenvalue weighted by atomic mass is 9.84. The van der Waals surface area contributed by atoms with Crippen LogP contribution in [0.15, 0.2) is 18.2 Å². The molecule has 4 nitrogen and oxygen atoms in total. The third kappa shape index (κ3) is 2.30. The van der Waals surface area contributed by atoms with Crippen molar-refractivity contribution >= 4 is 17.6 Å². The van der Waals surface area contributed by atoms with Crippen molar-refractivity contribution < 1.29 is 14.4 Å². The summed E-state index contributed by atoms with van der Waals surface area (Å²) in [5, 5.41) is 0. The number of fused-ring (bicyclic) bond motifs is 1. The van der Waals surface area contributed by atoms with Gasteiger partial charge in [0, 0.05) is 23.6 Å². The third-order valence-corrected chi connectivity index (χ3v) is 3.30. The van der Waals surface area contributed by atoms with Crippen LogP contribution in [-0.4, -0.2) is 29.5 Å². The number of imide groups is 1. The minimum atomic E-state index is -0.492. The monoisotopic (exact) mass is 259 g/mol. The van der Waals surface area contributed by atoms with Crippen LogP contribution in [0.5, 0.6) is 0 Å². The van der Waals surface area contributed by atoms with Gasteiger partial charge in [0.15, 0.2) is 5.78 Å². The molecule has 0 unspecified atom stereocenters. The Kier molecular flexibility index (Phi) is 3.04. The molecule has 0 N–H and O–H groups in total. The van der Waals surface area contributed by atoms with Gasteiger partial charge >= 0.3 is 0 Å². The second-order valence-electron chi connectivity index (χ2n) is 5.89. The molecule has 1 aromatic rings. The summed E-state index contributed by atoms with van der Waals surface area (Å²) in [6.07, 6.45) is 0.210. The van der Waals surface area contributed by atoms with Crippen molar-refractivity contribution in [2.45, 2.75) is 27.2 Å². The summed E-state index contributed by atoms with van der Waals surface area (Å²) in [5.41, 5.74) is 1.17. The van der Waals surface area contributed by atoms with Crippen LogP contribution in [0.4, 0.5) is 0 Å². The SMILES string of the molecule is CN1C(=O)Cc2ccc(C(=O)C(C)(C)C)cc2C1=O. The Labute approximate surface area is 112 Å². The molecule has 1 heterocycles. The highest BCUT2D eigenvalue weighted by molar-refractivity contribution is 6.11. The van der Waals surface area contributed by atoms with Crippen LogP contribution in [-0.2, 0) is 11.2 Å². The number of nitrogens with zero attached hydrogens (tertiary/aromatic N) is 1. The summed E-state index contributed by atoms with van der Waals surface area (Å²) >= 11 is 0. The predicted octanol–water partition coefficient (Wildman–Crippen LogP) is 2.07. The van der Waals surface area contributed by atoms with Crippen molar-refractivity contribution in [3.8, 4) is 0 Å². The summed E-state index contributed by atoms with van der Waals surface area (Å²) in [6.45, 7) is 5.52. The van der Waals surface area contributed by atoms with Gasteiger partial charge < -0.3 is 0 Å². The Morgan fingerprint density at radius 2 is 1.84 bits per heavy atom. The number of carbonyl (C=O) groups is 3. The number of likely N-dealkylation sites (N-methyl/N-ethyl adjacent to an activating group) is 1. The average Bonchev–Trinajstić information content (AvgIpc) is 2.34. The van der Waals surface area contributed by atoms with Crippen LogP contribution >= 0.6 is 0 Å². The normalized spacial score (nSPS) is 15.5. The van der Waals surface area contributed by atoms with Crippen LogP contribution in [0.1, 0.15) is 47.1 Å². The Hall–Kier alpha value is -1.97. The summed E-state index contributed by atoms with van der Waals surface area (Å²) in [4.78, 5) is 36.9. The van der Waals surface area contributed by atoms with E-state index in [1.54, 1.807) is 18.2 Å². The van der Waals surface area contributed by atoms with E-state index in [1.807, 2.05) is 20.8 Å². The Morgan fingerprint density at radius 3 is 2.42 bits per heavy atom. The van der Waals surface area contributed by atoms with Crippen LogP contribution < -0.4 is 0 Å². The lowest BCUT2D eigenvalue weighted by molar-refractivity contribution is -0.127. The van der Waals surface area contributed by atoms with Crippen molar-refractivity contribution in [2.24, 2.45) is 5.41 Å². The molecule has 0 saturated heterocycles. The van der Waals surface area contributed by atoms with E-state index in [2.05, 4.69) is 0 Å². The molecule has 0 aromatic heterocycles. The number of carbonyl (C=O) groups excluding carboxylic acids is 3. The lowest BCUT2D eigenvalue weighted by Crippen LogP contribution is -2.39. The van der Waals surface area contributed by atoms with Crippen LogP contribution in [0.3, 0.4) is 0 Å². The van der Waals surface area contributed by atoms with Gasteiger partial charge in [-0.25, -0.2) is 0 Å². The summed E-state index contributed by atoms with van der Waals surface area (Å²) in [5.74, 6) is -0.565. The van der Waals surface area contributed by atoms with Gasteiger partial charge in [0.25, 0.3) is 5.91 Å². The molecule has 0 saturated carbocycles. The number of benzene rings is 1. The third-order valence-electron chi connectivity index (χ3n) is 3.30. The molecule has 4 heteroatoms. The Morgan fingerprint density at radius 1 is 1.21 bits per heavy atom.